The zero-order valence-corrected chi connectivity index (χ0v) is 17.7. The standard InChI is InChI=1S/C26H23N3O3/c1-31-22-14-19(12-13-21(22)32-16-17-8-4-2-5-9-17)20-15-23(30)27-26-24(20)25(28-29-26)18-10-6-3-7-11-18/h2-14,20H,15-16H2,1H3,(H2,27,28,29,30). The molecule has 0 saturated heterocycles. The molecule has 2 N–H and O–H groups in total. The molecular formula is C26H23N3O3. The highest BCUT2D eigenvalue weighted by Gasteiger charge is 2.32. The molecule has 0 fully saturated rings. The van der Waals surface area contributed by atoms with Crippen molar-refractivity contribution in [1.82, 2.24) is 10.2 Å². The minimum Gasteiger partial charge on any atom is -0.493 e. The van der Waals surface area contributed by atoms with Gasteiger partial charge in [0.25, 0.3) is 0 Å². The summed E-state index contributed by atoms with van der Waals surface area (Å²) in [7, 11) is 1.63. The van der Waals surface area contributed by atoms with Crippen molar-refractivity contribution in [2.45, 2.75) is 18.9 Å². The number of aromatic nitrogens is 2. The number of hydrogen-bond acceptors (Lipinski definition) is 4. The fourth-order valence-electron chi connectivity index (χ4n) is 4.12. The predicted octanol–water partition coefficient (Wildman–Crippen LogP) is 5.14. The second-order valence-electron chi connectivity index (χ2n) is 7.72. The fraction of sp³-hybridized carbons (Fsp3) is 0.154. The smallest absolute Gasteiger partial charge is 0.226 e. The van der Waals surface area contributed by atoms with Gasteiger partial charge in [0.2, 0.25) is 5.91 Å². The van der Waals surface area contributed by atoms with Gasteiger partial charge in [-0.05, 0) is 28.8 Å². The first-order chi connectivity index (χ1) is 15.7. The van der Waals surface area contributed by atoms with E-state index in [4.69, 9.17) is 9.47 Å². The summed E-state index contributed by atoms with van der Waals surface area (Å²) in [6, 6.07) is 25.9. The summed E-state index contributed by atoms with van der Waals surface area (Å²) in [4.78, 5) is 12.4. The molecule has 3 aromatic carbocycles. The molecule has 1 aromatic heterocycles. The van der Waals surface area contributed by atoms with Gasteiger partial charge in [0.1, 0.15) is 6.61 Å². The quantitative estimate of drug-likeness (QED) is 0.449. The van der Waals surface area contributed by atoms with Crippen molar-refractivity contribution in [2.75, 3.05) is 12.4 Å². The van der Waals surface area contributed by atoms with E-state index < -0.39 is 0 Å². The molecule has 160 valence electrons. The number of methoxy groups -OCH3 is 1. The lowest BCUT2D eigenvalue weighted by atomic mass is 9.84. The molecule has 1 atom stereocenters. The molecule has 32 heavy (non-hydrogen) atoms. The first-order valence-corrected chi connectivity index (χ1v) is 10.5. The summed E-state index contributed by atoms with van der Waals surface area (Å²) in [5.41, 5.74) is 4.98. The van der Waals surface area contributed by atoms with Crippen LogP contribution in [0.15, 0.2) is 78.9 Å². The van der Waals surface area contributed by atoms with E-state index in [1.54, 1.807) is 7.11 Å². The van der Waals surface area contributed by atoms with Gasteiger partial charge in [-0.2, -0.15) is 5.10 Å². The highest BCUT2D eigenvalue weighted by atomic mass is 16.5. The van der Waals surface area contributed by atoms with Crippen LogP contribution < -0.4 is 14.8 Å². The topological polar surface area (TPSA) is 76.2 Å². The molecule has 0 radical (unpaired) electrons. The van der Waals surface area contributed by atoms with Crippen LogP contribution in [0.3, 0.4) is 0 Å². The second-order valence-corrected chi connectivity index (χ2v) is 7.72. The van der Waals surface area contributed by atoms with Crippen molar-refractivity contribution < 1.29 is 14.3 Å². The number of carbonyl (C=O) groups excluding carboxylic acids is 1. The number of nitrogens with zero attached hydrogens (tertiary/aromatic N) is 1. The van der Waals surface area contributed by atoms with Crippen molar-refractivity contribution in [3.63, 3.8) is 0 Å². The van der Waals surface area contributed by atoms with E-state index in [1.807, 2.05) is 78.9 Å². The lowest BCUT2D eigenvalue weighted by Crippen LogP contribution is -2.23. The van der Waals surface area contributed by atoms with Crippen LogP contribution >= 0.6 is 0 Å². The van der Waals surface area contributed by atoms with Gasteiger partial charge in [-0.3, -0.25) is 9.89 Å². The Labute approximate surface area is 186 Å². The van der Waals surface area contributed by atoms with Gasteiger partial charge >= 0.3 is 0 Å². The number of amides is 1. The average Bonchev–Trinajstić information content (AvgIpc) is 3.27. The van der Waals surface area contributed by atoms with Gasteiger partial charge in [0, 0.05) is 17.9 Å². The SMILES string of the molecule is COc1cc(C2CC(=O)Nc3n[nH]c(-c4ccccc4)c32)ccc1OCc1ccccc1. The molecule has 0 spiro atoms. The van der Waals surface area contributed by atoms with Crippen LogP contribution in [0.5, 0.6) is 11.5 Å². The summed E-state index contributed by atoms with van der Waals surface area (Å²) in [6.07, 6.45) is 0.333. The van der Waals surface area contributed by atoms with Crippen LogP contribution in [0.4, 0.5) is 5.82 Å². The van der Waals surface area contributed by atoms with Crippen molar-refractivity contribution >= 4 is 11.7 Å². The monoisotopic (exact) mass is 425 g/mol. The van der Waals surface area contributed by atoms with E-state index in [1.165, 1.54) is 0 Å². The molecule has 1 aliphatic rings. The highest BCUT2D eigenvalue weighted by molar-refractivity contribution is 5.96. The van der Waals surface area contributed by atoms with Crippen molar-refractivity contribution in [2.24, 2.45) is 0 Å². The zero-order chi connectivity index (χ0) is 21.9. The largest absolute Gasteiger partial charge is 0.493 e. The molecule has 0 bridgehead atoms. The Morgan fingerprint density at radius 3 is 2.47 bits per heavy atom. The summed E-state index contributed by atoms with van der Waals surface area (Å²) in [5, 5.41) is 10.4. The molecule has 6 heteroatoms. The normalized spacial score (nSPS) is 15.0. The Balaban J connectivity index is 1.49. The molecule has 4 aromatic rings. The number of aromatic amines is 1. The molecule has 1 amide bonds. The molecular weight excluding hydrogens is 402 g/mol. The third kappa shape index (κ3) is 3.83. The minimum absolute atomic E-state index is 0.0583. The zero-order valence-electron chi connectivity index (χ0n) is 17.7. The molecule has 6 nitrogen and oxygen atoms in total. The van der Waals surface area contributed by atoms with Crippen LogP contribution in [0.1, 0.15) is 29.0 Å². The predicted molar refractivity (Wildman–Crippen MR) is 123 cm³/mol. The number of rotatable bonds is 6. The maximum Gasteiger partial charge on any atom is 0.226 e. The first kappa shape index (κ1) is 19.9. The average molecular weight is 425 g/mol. The van der Waals surface area contributed by atoms with Gasteiger partial charge in [0.15, 0.2) is 17.3 Å². The van der Waals surface area contributed by atoms with E-state index in [9.17, 15) is 4.79 Å². The summed E-state index contributed by atoms with van der Waals surface area (Å²) < 4.78 is 11.6. The maximum atomic E-state index is 12.4. The molecule has 1 aliphatic heterocycles. The van der Waals surface area contributed by atoms with Gasteiger partial charge in [0.05, 0.1) is 12.8 Å². The lowest BCUT2D eigenvalue weighted by Gasteiger charge is -2.24. The Hall–Kier alpha value is -4.06. The fourth-order valence-corrected chi connectivity index (χ4v) is 4.12. The van der Waals surface area contributed by atoms with Gasteiger partial charge in [-0.1, -0.05) is 66.7 Å². The van der Waals surface area contributed by atoms with E-state index >= 15 is 0 Å². The highest BCUT2D eigenvalue weighted by Crippen LogP contribution is 2.43. The minimum atomic E-state index is -0.148. The molecule has 0 aliphatic carbocycles. The number of anilines is 1. The third-order valence-corrected chi connectivity index (χ3v) is 5.69. The van der Waals surface area contributed by atoms with E-state index in [2.05, 4.69) is 15.5 Å². The number of carbonyl (C=O) groups is 1. The molecule has 5 rings (SSSR count). The first-order valence-electron chi connectivity index (χ1n) is 10.5. The Morgan fingerprint density at radius 1 is 0.969 bits per heavy atom. The second kappa shape index (κ2) is 8.59. The van der Waals surface area contributed by atoms with Gasteiger partial charge < -0.3 is 14.8 Å². The Morgan fingerprint density at radius 2 is 1.72 bits per heavy atom. The number of nitrogens with one attached hydrogen (secondary N) is 2. The van der Waals surface area contributed by atoms with Crippen molar-refractivity contribution in [1.29, 1.82) is 0 Å². The molecule has 2 heterocycles. The number of ether oxygens (including phenoxy) is 2. The maximum absolute atomic E-state index is 12.4. The molecule has 0 saturated carbocycles. The number of hydrogen-bond donors (Lipinski definition) is 2. The Bertz CT molecular complexity index is 1240. The summed E-state index contributed by atoms with van der Waals surface area (Å²) in [6.45, 7) is 0.451. The van der Waals surface area contributed by atoms with Crippen molar-refractivity contribution in [3.05, 3.63) is 95.6 Å². The third-order valence-electron chi connectivity index (χ3n) is 5.69. The van der Waals surface area contributed by atoms with E-state index in [0.717, 1.165) is 27.9 Å². The summed E-state index contributed by atoms with van der Waals surface area (Å²) >= 11 is 0. The Kier molecular flexibility index (Phi) is 5.34. The van der Waals surface area contributed by atoms with Crippen LogP contribution in [0.2, 0.25) is 0 Å². The summed E-state index contributed by atoms with van der Waals surface area (Å²) in [5.74, 6) is 1.67. The van der Waals surface area contributed by atoms with Crippen LogP contribution in [0, 0.1) is 0 Å². The van der Waals surface area contributed by atoms with Crippen LogP contribution in [-0.2, 0) is 11.4 Å². The van der Waals surface area contributed by atoms with E-state index in [-0.39, 0.29) is 11.8 Å². The van der Waals surface area contributed by atoms with Gasteiger partial charge in [-0.25, -0.2) is 0 Å². The van der Waals surface area contributed by atoms with Crippen LogP contribution in [-0.4, -0.2) is 23.2 Å². The van der Waals surface area contributed by atoms with Crippen molar-refractivity contribution in [3.8, 4) is 22.8 Å². The number of H-pyrrole nitrogens is 1. The van der Waals surface area contributed by atoms with Crippen LogP contribution in [0.25, 0.3) is 11.3 Å². The number of fused-ring (bicyclic) bond motifs is 1. The number of benzene rings is 3. The van der Waals surface area contributed by atoms with E-state index in [0.29, 0.717) is 30.3 Å². The molecule has 1 unspecified atom stereocenters. The van der Waals surface area contributed by atoms with Gasteiger partial charge in [-0.15, -0.1) is 0 Å². The lowest BCUT2D eigenvalue weighted by molar-refractivity contribution is -0.116.